The lowest BCUT2D eigenvalue weighted by Crippen LogP contribution is -2.29. The molecule has 2 atom stereocenters. The lowest BCUT2D eigenvalue weighted by molar-refractivity contribution is 0.0712. The summed E-state index contributed by atoms with van der Waals surface area (Å²) in [7, 11) is 0. The first-order valence-electron chi connectivity index (χ1n) is 8.55. The number of thioether (sulfide) groups is 1. The molecule has 0 spiro atoms. The zero-order valence-electron chi connectivity index (χ0n) is 13.5. The molecule has 1 saturated carbocycles. The molecule has 4 heteroatoms. The van der Waals surface area contributed by atoms with Gasteiger partial charge in [-0.3, -0.25) is 9.59 Å². The Morgan fingerprint density at radius 1 is 0.920 bits per heavy atom. The Labute approximate surface area is 150 Å². The predicted molar refractivity (Wildman–Crippen MR) is 95.6 cm³/mol. The number of rotatable bonds is 2. The lowest BCUT2D eigenvalue weighted by Gasteiger charge is -2.29. The van der Waals surface area contributed by atoms with E-state index in [4.69, 9.17) is 4.74 Å². The van der Waals surface area contributed by atoms with E-state index in [9.17, 15) is 9.59 Å². The van der Waals surface area contributed by atoms with Crippen molar-refractivity contribution in [1.82, 2.24) is 0 Å². The van der Waals surface area contributed by atoms with Crippen LogP contribution in [0.4, 0.5) is 0 Å². The molecule has 0 bridgehead atoms. The quantitative estimate of drug-likeness (QED) is 0.793. The van der Waals surface area contributed by atoms with Crippen LogP contribution in [0.15, 0.2) is 70.8 Å². The number of allylic oxidation sites excluding steroid dienone is 1. The van der Waals surface area contributed by atoms with E-state index >= 15 is 0 Å². The molecule has 2 aromatic carbocycles. The van der Waals surface area contributed by atoms with Gasteiger partial charge >= 0.3 is 0 Å². The van der Waals surface area contributed by atoms with Crippen LogP contribution in [-0.2, 0) is 4.74 Å². The van der Waals surface area contributed by atoms with Crippen molar-refractivity contribution in [3.63, 3.8) is 0 Å². The summed E-state index contributed by atoms with van der Waals surface area (Å²) in [5.41, 5.74) is 1.58. The van der Waals surface area contributed by atoms with Crippen LogP contribution in [0.2, 0.25) is 0 Å². The number of ketones is 2. The van der Waals surface area contributed by atoms with Gasteiger partial charge in [0, 0.05) is 21.9 Å². The maximum Gasteiger partial charge on any atom is 0.228 e. The second-order valence-electron chi connectivity index (χ2n) is 6.72. The highest BCUT2D eigenvalue weighted by molar-refractivity contribution is 8.00. The molecular formula is C21H16O3S. The Kier molecular flexibility index (Phi) is 3.19. The number of Topliss-reactive ketones (excluding diaryl/α,β-unsaturated/α-hetero) is 2. The summed E-state index contributed by atoms with van der Waals surface area (Å²) in [6.07, 6.45) is 2.74. The first kappa shape index (κ1) is 15.0. The highest BCUT2D eigenvalue weighted by Crippen LogP contribution is 2.59. The molecule has 3 nitrogen and oxygen atoms in total. The fraction of sp³-hybridized carbons (Fsp3) is 0.238. The third kappa shape index (κ3) is 2.07. The van der Waals surface area contributed by atoms with Crippen molar-refractivity contribution in [2.24, 2.45) is 5.92 Å². The van der Waals surface area contributed by atoms with Crippen molar-refractivity contribution in [1.29, 1.82) is 0 Å². The zero-order valence-corrected chi connectivity index (χ0v) is 14.3. The Bertz CT molecular complexity index is 931. The molecule has 0 radical (unpaired) electrons. The molecule has 1 fully saturated rings. The summed E-state index contributed by atoms with van der Waals surface area (Å²) in [5.74, 6) is 0.0922. The van der Waals surface area contributed by atoms with Gasteiger partial charge in [0.05, 0.1) is 5.57 Å². The van der Waals surface area contributed by atoms with Crippen LogP contribution in [0, 0.1) is 5.92 Å². The number of carbonyl (C=O) groups excluding carboxylic acids is 2. The maximum absolute atomic E-state index is 13.1. The van der Waals surface area contributed by atoms with Gasteiger partial charge in [0.15, 0.2) is 16.5 Å². The SMILES string of the molecule is O=C1C2=C(C(=O)c3ccccc31)[C@@H]1CCC[C@]1(Sc1ccccc1)O2. The molecule has 0 saturated heterocycles. The van der Waals surface area contributed by atoms with Crippen LogP contribution in [0.5, 0.6) is 0 Å². The Morgan fingerprint density at radius 3 is 2.36 bits per heavy atom. The highest BCUT2D eigenvalue weighted by atomic mass is 32.2. The summed E-state index contributed by atoms with van der Waals surface area (Å²) in [4.78, 5) is 26.6. The van der Waals surface area contributed by atoms with Gasteiger partial charge in [-0.05, 0) is 31.4 Å². The van der Waals surface area contributed by atoms with Gasteiger partial charge in [-0.1, -0.05) is 54.2 Å². The number of fused-ring (bicyclic) bond motifs is 3. The second-order valence-corrected chi connectivity index (χ2v) is 8.09. The van der Waals surface area contributed by atoms with E-state index in [0.717, 1.165) is 24.2 Å². The third-order valence-corrected chi connectivity index (χ3v) is 6.74. The van der Waals surface area contributed by atoms with Crippen LogP contribution in [-0.4, -0.2) is 16.5 Å². The second kappa shape index (κ2) is 5.33. The van der Waals surface area contributed by atoms with E-state index < -0.39 is 4.93 Å². The van der Waals surface area contributed by atoms with E-state index in [1.165, 1.54) is 0 Å². The molecule has 2 aliphatic carbocycles. The minimum Gasteiger partial charge on any atom is -0.471 e. The first-order valence-corrected chi connectivity index (χ1v) is 9.37. The monoisotopic (exact) mass is 348 g/mol. The molecule has 5 rings (SSSR count). The Balaban J connectivity index is 1.58. The molecule has 3 aliphatic rings. The summed E-state index contributed by atoms with van der Waals surface area (Å²) < 4.78 is 6.29. The fourth-order valence-corrected chi connectivity index (χ4v) is 5.67. The van der Waals surface area contributed by atoms with Gasteiger partial charge < -0.3 is 4.74 Å². The molecule has 1 heterocycles. The molecule has 2 aromatic rings. The van der Waals surface area contributed by atoms with Crippen molar-refractivity contribution >= 4 is 23.3 Å². The summed E-state index contributed by atoms with van der Waals surface area (Å²) in [6.45, 7) is 0. The minimum atomic E-state index is -0.528. The van der Waals surface area contributed by atoms with Gasteiger partial charge in [0.1, 0.15) is 0 Å². The molecule has 25 heavy (non-hydrogen) atoms. The predicted octanol–water partition coefficient (Wildman–Crippen LogP) is 4.64. The topological polar surface area (TPSA) is 43.4 Å². The van der Waals surface area contributed by atoms with Crippen LogP contribution in [0.25, 0.3) is 0 Å². The van der Waals surface area contributed by atoms with Crippen molar-refractivity contribution in [3.8, 4) is 0 Å². The molecule has 0 unspecified atom stereocenters. The average molecular weight is 348 g/mol. The largest absolute Gasteiger partial charge is 0.471 e. The van der Waals surface area contributed by atoms with Gasteiger partial charge in [0.2, 0.25) is 5.78 Å². The van der Waals surface area contributed by atoms with E-state index in [2.05, 4.69) is 0 Å². The number of hydrogen-bond acceptors (Lipinski definition) is 4. The smallest absolute Gasteiger partial charge is 0.228 e. The van der Waals surface area contributed by atoms with E-state index in [1.54, 1.807) is 30.0 Å². The highest BCUT2D eigenvalue weighted by Gasteiger charge is 2.58. The van der Waals surface area contributed by atoms with Gasteiger partial charge in [0.25, 0.3) is 0 Å². The molecule has 0 N–H and O–H groups in total. The van der Waals surface area contributed by atoms with Crippen LogP contribution < -0.4 is 0 Å². The normalized spacial score (nSPS) is 27.0. The summed E-state index contributed by atoms with van der Waals surface area (Å²) in [6, 6.07) is 17.1. The summed E-state index contributed by atoms with van der Waals surface area (Å²) >= 11 is 1.65. The number of benzene rings is 2. The zero-order chi connectivity index (χ0) is 17.0. The van der Waals surface area contributed by atoms with Crippen molar-refractivity contribution in [2.45, 2.75) is 29.1 Å². The van der Waals surface area contributed by atoms with Gasteiger partial charge in [-0.15, -0.1) is 0 Å². The van der Waals surface area contributed by atoms with Gasteiger partial charge in [-0.25, -0.2) is 0 Å². The Hall–Kier alpha value is -2.33. The van der Waals surface area contributed by atoms with Crippen LogP contribution in [0.1, 0.15) is 40.0 Å². The Morgan fingerprint density at radius 2 is 1.60 bits per heavy atom. The minimum absolute atomic E-state index is 0.0162. The third-order valence-electron chi connectivity index (χ3n) is 5.32. The van der Waals surface area contributed by atoms with Crippen LogP contribution >= 0.6 is 11.8 Å². The van der Waals surface area contributed by atoms with Crippen LogP contribution in [0.3, 0.4) is 0 Å². The summed E-state index contributed by atoms with van der Waals surface area (Å²) in [5, 5.41) is 0. The number of hydrogen-bond donors (Lipinski definition) is 0. The molecule has 0 aromatic heterocycles. The van der Waals surface area contributed by atoms with E-state index in [0.29, 0.717) is 16.7 Å². The number of ether oxygens (including phenoxy) is 1. The molecule has 1 aliphatic heterocycles. The standard InChI is InChI=1S/C21H16O3S/c22-18-14-9-4-5-10-15(14)19(23)20-17(18)16-11-6-12-21(16,24-20)25-13-7-2-1-3-8-13/h1-5,7-10,16H,6,11-12H2/t16-,21+/m0/s1. The van der Waals surface area contributed by atoms with E-state index in [1.807, 2.05) is 36.4 Å². The maximum atomic E-state index is 13.1. The molecule has 124 valence electrons. The van der Waals surface area contributed by atoms with Crippen molar-refractivity contribution < 1.29 is 14.3 Å². The van der Waals surface area contributed by atoms with Crippen molar-refractivity contribution in [2.75, 3.05) is 0 Å². The van der Waals surface area contributed by atoms with Crippen molar-refractivity contribution in [3.05, 3.63) is 77.1 Å². The average Bonchev–Trinajstić information content (AvgIpc) is 3.16. The molecular weight excluding hydrogens is 332 g/mol. The first-order chi connectivity index (χ1) is 12.2. The number of carbonyl (C=O) groups is 2. The lowest BCUT2D eigenvalue weighted by atomic mass is 9.82. The van der Waals surface area contributed by atoms with E-state index in [-0.39, 0.29) is 23.2 Å². The fourth-order valence-electron chi connectivity index (χ4n) is 4.23. The molecule has 0 amide bonds. The van der Waals surface area contributed by atoms with Gasteiger partial charge in [-0.2, -0.15) is 0 Å².